The molecular formula is C10H12N2O2. The lowest BCUT2D eigenvalue weighted by Crippen LogP contribution is -2.32. The molecular weight excluding hydrogens is 180 g/mol. The smallest absolute Gasteiger partial charge is 0.324 e. The third-order valence-electron chi connectivity index (χ3n) is 1.88. The van der Waals surface area contributed by atoms with Gasteiger partial charge in [-0.25, -0.2) is 0 Å². The topological polar surface area (TPSA) is 73.2 Å². The molecule has 3 N–H and O–H groups in total. The molecule has 0 fully saturated rings. The van der Waals surface area contributed by atoms with Crippen molar-refractivity contribution in [2.24, 2.45) is 0 Å². The monoisotopic (exact) mass is 192 g/mol. The number of nitrogens with one attached hydrogen (secondary N) is 2. The van der Waals surface area contributed by atoms with E-state index >= 15 is 0 Å². The highest BCUT2D eigenvalue weighted by Crippen LogP contribution is 2.07. The summed E-state index contributed by atoms with van der Waals surface area (Å²) in [4.78, 5) is 10.7. The summed E-state index contributed by atoms with van der Waals surface area (Å²) >= 11 is 0. The van der Waals surface area contributed by atoms with Gasteiger partial charge in [0, 0.05) is 0 Å². The normalized spacial score (nSPS) is 20.1. The summed E-state index contributed by atoms with van der Waals surface area (Å²) in [6.45, 7) is 0. The van der Waals surface area contributed by atoms with E-state index < -0.39 is 12.0 Å². The van der Waals surface area contributed by atoms with Crippen LogP contribution >= 0.6 is 0 Å². The first-order chi connectivity index (χ1) is 6.65. The Balaban J connectivity index is 2.86. The molecule has 0 heterocycles. The molecule has 4 nitrogen and oxygen atoms in total. The molecule has 1 atom stereocenters. The van der Waals surface area contributed by atoms with Crippen LogP contribution in [0.5, 0.6) is 0 Å². The minimum Gasteiger partial charge on any atom is -0.480 e. The Labute approximate surface area is 82.1 Å². The van der Waals surface area contributed by atoms with Crippen LogP contribution in [0.15, 0.2) is 36.0 Å². The Morgan fingerprint density at radius 3 is 2.71 bits per heavy atom. The van der Waals surface area contributed by atoms with Gasteiger partial charge in [0.25, 0.3) is 0 Å². The van der Waals surface area contributed by atoms with Crippen LogP contribution < -0.4 is 5.32 Å². The number of carboxylic acids is 1. The van der Waals surface area contributed by atoms with Crippen LogP contribution in [0.3, 0.4) is 0 Å². The fourth-order valence-electron chi connectivity index (χ4n) is 1.10. The van der Waals surface area contributed by atoms with Crippen LogP contribution in [0.2, 0.25) is 0 Å². The van der Waals surface area contributed by atoms with Crippen LogP contribution in [0.25, 0.3) is 0 Å². The van der Waals surface area contributed by atoms with Crippen molar-refractivity contribution < 1.29 is 9.90 Å². The van der Waals surface area contributed by atoms with Crippen molar-refractivity contribution in [2.75, 3.05) is 7.05 Å². The molecule has 1 unspecified atom stereocenters. The molecule has 0 aromatic rings. The van der Waals surface area contributed by atoms with Gasteiger partial charge in [-0.1, -0.05) is 18.2 Å². The highest BCUT2D eigenvalue weighted by atomic mass is 16.4. The van der Waals surface area contributed by atoms with Gasteiger partial charge in [-0.15, -0.1) is 0 Å². The maximum atomic E-state index is 10.7. The maximum Gasteiger partial charge on any atom is 0.324 e. The zero-order valence-corrected chi connectivity index (χ0v) is 7.82. The molecule has 0 radical (unpaired) electrons. The average molecular weight is 192 g/mol. The van der Waals surface area contributed by atoms with Gasteiger partial charge in [0.15, 0.2) is 0 Å². The summed E-state index contributed by atoms with van der Waals surface area (Å²) in [5.74, 6) is -0.948. The second-order valence-corrected chi connectivity index (χ2v) is 2.86. The van der Waals surface area contributed by atoms with Crippen LogP contribution in [0.4, 0.5) is 0 Å². The summed E-state index contributed by atoms with van der Waals surface area (Å²) in [5, 5.41) is 18.9. The van der Waals surface area contributed by atoms with Crippen LogP contribution in [-0.4, -0.2) is 29.9 Å². The molecule has 0 amide bonds. The van der Waals surface area contributed by atoms with E-state index in [1.165, 1.54) is 6.08 Å². The molecule has 0 bridgehead atoms. The van der Waals surface area contributed by atoms with Crippen molar-refractivity contribution in [1.29, 1.82) is 5.41 Å². The van der Waals surface area contributed by atoms with Gasteiger partial charge in [0.2, 0.25) is 0 Å². The van der Waals surface area contributed by atoms with E-state index in [9.17, 15) is 4.79 Å². The van der Waals surface area contributed by atoms with Gasteiger partial charge in [-0.2, -0.15) is 0 Å². The summed E-state index contributed by atoms with van der Waals surface area (Å²) in [5.41, 5.74) is 0.947. The fraction of sp³-hybridized carbons (Fsp3) is 0.200. The molecule has 74 valence electrons. The standard InChI is InChI=1S/C10H12N2O2/c1-12-9(10(13)14)6-7-4-2-3-5-8(7)11/h2-6,9,11-12H,1H3,(H,13,14). The first-order valence-electron chi connectivity index (χ1n) is 4.20. The summed E-state index contributed by atoms with van der Waals surface area (Å²) < 4.78 is 0. The Hall–Kier alpha value is -1.68. The predicted molar refractivity (Wildman–Crippen MR) is 54.6 cm³/mol. The van der Waals surface area contributed by atoms with E-state index in [2.05, 4.69) is 5.32 Å². The number of carboxylic acid groups (broad SMARTS) is 1. The largest absolute Gasteiger partial charge is 0.480 e. The average Bonchev–Trinajstić information content (AvgIpc) is 2.16. The van der Waals surface area contributed by atoms with Crippen molar-refractivity contribution in [3.63, 3.8) is 0 Å². The zero-order chi connectivity index (χ0) is 10.6. The summed E-state index contributed by atoms with van der Waals surface area (Å²) in [6, 6.07) is -0.749. The molecule has 1 rings (SSSR count). The highest BCUT2D eigenvalue weighted by molar-refractivity contribution is 6.09. The van der Waals surface area contributed by atoms with Gasteiger partial charge in [-0.3, -0.25) is 4.79 Å². The number of likely N-dealkylation sites (N-methyl/N-ethyl adjacent to an activating group) is 1. The Bertz CT molecular complexity index is 340. The quantitative estimate of drug-likeness (QED) is 0.617. The lowest BCUT2D eigenvalue weighted by atomic mass is 10.0. The first kappa shape index (κ1) is 10.4. The number of carbonyl (C=O) groups is 1. The minimum absolute atomic E-state index is 0.328. The summed E-state index contributed by atoms with van der Waals surface area (Å²) in [6.07, 6.45) is 8.38. The maximum absolute atomic E-state index is 10.7. The third kappa shape index (κ3) is 2.40. The van der Waals surface area contributed by atoms with Gasteiger partial charge in [0.1, 0.15) is 6.04 Å². The Morgan fingerprint density at radius 2 is 2.21 bits per heavy atom. The molecule has 4 heteroatoms. The van der Waals surface area contributed by atoms with Crippen molar-refractivity contribution in [1.82, 2.24) is 5.32 Å². The Kier molecular flexibility index (Phi) is 3.36. The molecule has 0 spiro atoms. The molecule has 0 aliphatic heterocycles. The van der Waals surface area contributed by atoms with Crippen LogP contribution in [0, 0.1) is 5.41 Å². The molecule has 14 heavy (non-hydrogen) atoms. The molecule has 0 saturated heterocycles. The van der Waals surface area contributed by atoms with Crippen LogP contribution in [0.1, 0.15) is 0 Å². The third-order valence-corrected chi connectivity index (χ3v) is 1.88. The second kappa shape index (κ2) is 4.53. The lowest BCUT2D eigenvalue weighted by molar-refractivity contribution is -0.138. The molecule has 1 aliphatic rings. The van der Waals surface area contributed by atoms with E-state index in [0.717, 1.165) is 0 Å². The Morgan fingerprint density at radius 1 is 1.57 bits per heavy atom. The van der Waals surface area contributed by atoms with Gasteiger partial charge < -0.3 is 15.8 Å². The number of allylic oxidation sites excluding steroid dienone is 5. The minimum atomic E-state index is -0.948. The van der Waals surface area contributed by atoms with Gasteiger partial charge in [-0.05, 0) is 24.8 Å². The van der Waals surface area contributed by atoms with Crippen molar-refractivity contribution >= 4 is 11.7 Å². The zero-order valence-electron chi connectivity index (χ0n) is 7.82. The van der Waals surface area contributed by atoms with E-state index in [1.807, 2.05) is 0 Å². The SMILES string of the molecule is CNC(C=C1C=CC=CC1=N)C(=O)O. The molecule has 0 saturated carbocycles. The van der Waals surface area contributed by atoms with Crippen molar-refractivity contribution in [3.8, 4) is 0 Å². The van der Waals surface area contributed by atoms with Crippen molar-refractivity contribution in [2.45, 2.75) is 6.04 Å². The van der Waals surface area contributed by atoms with E-state index in [-0.39, 0.29) is 0 Å². The van der Waals surface area contributed by atoms with Gasteiger partial charge in [0.05, 0.1) is 5.71 Å². The van der Waals surface area contributed by atoms with E-state index in [1.54, 1.807) is 31.4 Å². The van der Waals surface area contributed by atoms with Gasteiger partial charge >= 0.3 is 5.97 Å². The highest BCUT2D eigenvalue weighted by Gasteiger charge is 2.13. The van der Waals surface area contributed by atoms with Crippen LogP contribution in [-0.2, 0) is 4.79 Å². The number of hydrogen-bond donors (Lipinski definition) is 3. The molecule has 0 aromatic carbocycles. The summed E-state index contributed by atoms with van der Waals surface area (Å²) in [7, 11) is 1.57. The van der Waals surface area contributed by atoms with E-state index in [4.69, 9.17) is 10.5 Å². The number of aliphatic carboxylic acids is 1. The molecule has 0 aromatic heterocycles. The fourth-order valence-corrected chi connectivity index (χ4v) is 1.10. The lowest BCUT2D eigenvalue weighted by Gasteiger charge is -2.09. The second-order valence-electron chi connectivity index (χ2n) is 2.86. The number of rotatable bonds is 3. The predicted octanol–water partition coefficient (Wildman–Crippen LogP) is 0.731. The first-order valence-corrected chi connectivity index (χ1v) is 4.20. The van der Waals surface area contributed by atoms with Crippen molar-refractivity contribution in [3.05, 3.63) is 36.0 Å². The number of hydrogen-bond acceptors (Lipinski definition) is 3. The van der Waals surface area contributed by atoms with E-state index in [0.29, 0.717) is 11.3 Å². The molecule has 1 aliphatic carbocycles.